The van der Waals surface area contributed by atoms with Crippen molar-refractivity contribution in [1.29, 1.82) is 5.26 Å². The summed E-state index contributed by atoms with van der Waals surface area (Å²) in [6, 6.07) is 6.95. The Hall–Kier alpha value is -2.02. The number of hydrogen-bond donors (Lipinski definition) is 1. The maximum absolute atomic E-state index is 11.7. The van der Waals surface area contributed by atoms with Gasteiger partial charge in [0.15, 0.2) is 6.10 Å². The Kier molecular flexibility index (Phi) is 3.90. The molecule has 1 unspecified atom stereocenters. The molecule has 1 aromatic carbocycles. The van der Waals surface area contributed by atoms with Crippen molar-refractivity contribution in [2.45, 2.75) is 26.4 Å². The number of carbonyl (C=O) groups excluding carboxylic acids is 1. The van der Waals surface area contributed by atoms with Crippen LogP contribution in [0.3, 0.4) is 0 Å². The Balaban J connectivity index is 2.90. The number of esters is 1. The van der Waals surface area contributed by atoms with Crippen LogP contribution in [0.4, 0.5) is 5.69 Å². The van der Waals surface area contributed by atoms with Crippen LogP contribution in [0.2, 0.25) is 0 Å². The van der Waals surface area contributed by atoms with Gasteiger partial charge in [-0.15, -0.1) is 0 Å². The minimum absolute atomic E-state index is 0.411. The molecule has 0 fully saturated rings. The van der Waals surface area contributed by atoms with Gasteiger partial charge in [-0.3, -0.25) is 0 Å². The second-order valence-corrected chi connectivity index (χ2v) is 3.45. The van der Waals surface area contributed by atoms with Crippen LogP contribution in [-0.4, -0.2) is 12.1 Å². The molecule has 2 N–H and O–H groups in total. The summed E-state index contributed by atoms with van der Waals surface area (Å²) in [6.45, 7) is 3.53. The third kappa shape index (κ3) is 2.51. The molecule has 0 amide bonds. The van der Waals surface area contributed by atoms with Crippen LogP contribution in [-0.2, 0) is 4.74 Å². The summed E-state index contributed by atoms with van der Waals surface area (Å²) in [6.07, 6.45) is -0.225. The van der Waals surface area contributed by atoms with Crippen molar-refractivity contribution in [3.8, 4) is 6.07 Å². The third-order valence-corrected chi connectivity index (χ3v) is 2.36. The van der Waals surface area contributed by atoms with E-state index >= 15 is 0 Å². The molecule has 0 radical (unpaired) electrons. The van der Waals surface area contributed by atoms with E-state index in [0.29, 0.717) is 23.2 Å². The molecular weight excluding hydrogens is 204 g/mol. The van der Waals surface area contributed by atoms with Crippen LogP contribution in [0.1, 0.15) is 29.3 Å². The van der Waals surface area contributed by atoms with E-state index in [1.165, 1.54) is 0 Å². The molecular formula is C12H14N2O2. The van der Waals surface area contributed by atoms with Gasteiger partial charge < -0.3 is 10.5 Å². The number of carbonyl (C=O) groups is 1. The van der Waals surface area contributed by atoms with Crippen molar-refractivity contribution in [2.75, 3.05) is 5.73 Å². The standard InChI is InChI=1S/C12H14N2O2/c1-3-9(7-13)16-12(15)10-5-4-6-11(14)8(10)2/h4-6,9H,3,14H2,1-2H3. The third-order valence-electron chi connectivity index (χ3n) is 2.36. The van der Waals surface area contributed by atoms with Crippen LogP contribution in [0.5, 0.6) is 0 Å². The Morgan fingerprint density at radius 1 is 1.62 bits per heavy atom. The van der Waals surface area contributed by atoms with Gasteiger partial charge in [-0.05, 0) is 31.0 Å². The molecule has 0 aliphatic rings. The number of nitrogens with two attached hydrogens (primary N) is 1. The molecule has 0 saturated carbocycles. The molecule has 0 bridgehead atoms. The first kappa shape index (κ1) is 12.1. The zero-order valence-electron chi connectivity index (χ0n) is 9.36. The molecule has 4 heteroatoms. The molecule has 16 heavy (non-hydrogen) atoms. The first-order chi connectivity index (χ1) is 7.60. The fourth-order valence-electron chi connectivity index (χ4n) is 1.27. The fourth-order valence-corrected chi connectivity index (χ4v) is 1.27. The van der Waals surface area contributed by atoms with Crippen LogP contribution in [0.25, 0.3) is 0 Å². The lowest BCUT2D eigenvalue weighted by Crippen LogP contribution is -2.16. The van der Waals surface area contributed by atoms with Crippen molar-refractivity contribution < 1.29 is 9.53 Å². The van der Waals surface area contributed by atoms with Gasteiger partial charge in [-0.1, -0.05) is 13.0 Å². The van der Waals surface area contributed by atoms with Gasteiger partial charge in [0.1, 0.15) is 6.07 Å². The maximum Gasteiger partial charge on any atom is 0.339 e. The minimum atomic E-state index is -0.701. The van der Waals surface area contributed by atoms with Crippen LogP contribution < -0.4 is 5.73 Å². The maximum atomic E-state index is 11.7. The zero-order chi connectivity index (χ0) is 12.1. The van der Waals surface area contributed by atoms with Gasteiger partial charge in [-0.2, -0.15) is 5.26 Å². The molecule has 0 aliphatic carbocycles. The monoisotopic (exact) mass is 218 g/mol. The van der Waals surface area contributed by atoms with Crippen LogP contribution in [0, 0.1) is 18.3 Å². The topological polar surface area (TPSA) is 76.1 Å². The predicted octanol–water partition coefficient (Wildman–Crippen LogP) is 2.04. The number of nitrogen functional groups attached to an aromatic ring is 1. The Labute approximate surface area is 94.6 Å². The molecule has 1 aromatic rings. The lowest BCUT2D eigenvalue weighted by Gasteiger charge is -2.11. The molecule has 1 atom stereocenters. The summed E-state index contributed by atoms with van der Waals surface area (Å²) in [5, 5.41) is 8.69. The quantitative estimate of drug-likeness (QED) is 0.622. The number of rotatable bonds is 3. The Bertz CT molecular complexity index is 435. The van der Waals surface area contributed by atoms with Gasteiger partial charge in [0.05, 0.1) is 5.56 Å². The second kappa shape index (κ2) is 5.17. The first-order valence-electron chi connectivity index (χ1n) is 5.05. The number of nitriles is 1. The summed E-state index contributed by atoms with van der Waals surface area (Å²) in [5.41, 5.74) is 7.31. The first-order valence-corrected chi connectivity index (χ1v) is 5.05. The highest BCUT2D eigenvalue weighted by Crippen LogP contribution is 2.17. The SMILES string of the molecule is CCC(C#N)OC(=O)c1cccc(N)c1C. The summed E-state index contributed by atoms with van der Waals surface area (Å²) < 4.78 is 5.02. The average molecular weight is 218 g/mol. The minimum Gasteiger partial charge on any atom is -0.443 e. The highest BCUT2D eigenvalue weighted by molar-refractivity contribution is 5.92. The van der Waals surface area contributed by atoms with E-state index < -0.39 is 12.1 Å². The van der Waals surface area contributed by atoms with Crippen molar-refractivity contribution in [3.63, 3.8) is 0 Å². The van der Waals surface area contributed by atoms with E-state index in [-0.39, 0.29) is 0 Å². The van der Waals surface area contributed by atoms with Crippen molar-refractivity contribution in [2.24, 2.45) is 0 Å². The highest BCUT2D eigenvalue weighted by atomic mass is 16.5. The molecule has 0 saturated heterocycles. The normalized spacial score (nSPS) is 11.6. The highest BCUT2D eigenvalue weighted by Gasteiger charge is 2.16. The summed E-state index contributed by atoms with van der Waals surface area (Å²) in [5.74, 6) is -0.502. The fraction of sp³-hybridized carbons (Fsp3) is 0.333. The van der Waals surface area contributed by atoms with E-state index in [2.05, 4.69) is 0 Å². The molecule has 0 heterocycles. The van der Waals surface area contributed by atoms with Gasteiger partial charge in [-0.25, -0.2) is 4.79 Å². The number of benzene rings is 1. The summed E-state index contributed by atoms with van der Waals surface area (Å²) in [7, 11) is 0. The number of nitrogens with zero attached hydrogens (tertiary/aromatic N) is 1. The smallest absolute Gasteiger partial charge is 0.339 e. The van der Waals surface area contributed by atoms with E-state index in [4.69, 9.17) is 15.7 Å². The number of hydrogen-bond acceptors (Lipinski definition) is 4. The molecule has 0 aliphatic heterocycles. The zero-order valence-corrected chi connectivity index (χ0v) is 9.36. The van der Waals surface area contributed by atoms with Crippen molar-refractivity contribution in [1.82, 2.24) is 0 Å². The Morgan fingerprint density at radius 2 is 2.31 bits per heavy atom. The Morgan fingerprint density at radius 3 is 2.88 bits per heavy atom. The van der Waals surface area contributed by atoms with Gasteiger partial charge >= 0.3 is 5.97 Å². The lowest BCUT2D eigenvalue weighted by molar-refractivity contribution is 0.0400. The molecule has 4 nitrogen and oxygen atoms in total. The summed E-state index contributed by atoms with van der Waals surface area (Å²) in [4.78, 5) is 11.7. The van der Waals surface area contributed by atoms with Gasteiger partial charge in [0, 0.05) is 5.69 Å². The molecule has 0 spiro atoms. The van der Waals surface area contributed by atoms with E-state index in [9.17, 15) is 4.79 Å². The van der Waals surface area contributed by atoms with E-state index in [1.807, 2.05) is 6.07 Å². The van der Waals surface area contributed by atoms with Crippen LogP contribution in [0.15, 0.2) is 18.2 Å². The van der Waals surface area contributed by atoms with Crippen LogP contribution >= 0.6 is 0 Å². The molecule has 0 aromatic heterocycles. The second-order valence-electron chi connectivity index (χ2n) is 3.45. The van der Waals surface area contributed by atoms with Gasteiger partial charge in [0.25, 0.3) is 0 Å². The molecule has 84 valence electrons. The van der Waals surface area contributed by atoms with Gasteiger partial charge in [0.2, 0.25) is 0 Å². The van der Waals surface area contributed by atoms with Crippen molar-refractivity contribution in [3.05, 3.63) is 29.3 Å². The van der Waals surface area contributed by atoms with E-state index in [0.717, 1.165) is 0 Å². The van der Waals surface area contributed by atoms with Crippen molar-refractivity contribution >= 4 is 11.7 Å². The largest absolute Gasteiger partial charge is 0.443 e. The average Bonchev–Trinajstić information content (AvgIpc) is 2.29. The lowest BCUT2D eigenvalue weighted by atomic mass is 10.1. The van der Waals surface area contributed by atoms with E-state index in [1.54, 1.807) is 32.0 Å². The number of anilines is 1. The number of ether oxygens (including phenoxy) is 1. The predicted molar refractivity (Wildman–Crippen MR) is 60.7 cm³/mol. The molecule has 1 rings (SSSR count). The summed E-state index contributed by atoms with van der Waals surface area (Å²) >= 11 is 0.